The van der Waals surface area contributed by atoms with Crippen LogP contribution in [0, 0.1) is 11.8 Å². The van der Waals surface area contributed by atoms with E-state index in [0.717, 1.165) is 0 Å². The molecule has 14 nitrogen and oxygen atoms in total. The van der Waals surface area contributed by atoms with Crippen LogP contribution in [0.2, 0.25) is 0 Å². The fourth-order valence-corrected chi connectivity index (χ4v) is 3.84. The highest BCUT2D eigenvalue weighted by molar-refractivity contribution is 5.97. The molecule has 0 radical (unpaired) electrons. The van der Waals surface area contributed by atoms with Crippen molar-refractivity contribution >= 4 is 35.4 Å². The van der Waals surface area contributed by atoms with Crippen molar-refractivity contribution in [2.24, 2.45) is 34.0 Å². The topological polar surface area (TPSA) is 244 Å². The second-order valence-corrected chi connectivity index (χ2v) is 9.54. The third-order valence-electron chi connectivity index (χ3n) is 6.39. The van der Waals surface area contributed by atoms with E-state index in [9.17, 15) is 29.1 Å². The molecular formula is C23H42N8O6. The monoisotopic (exact) mass is 526 g/mol. The summed E-state index contributed by atoms with van der Waals surface area (Å²) in [6.45, 7) is 6.30. The average molecular weight is 527 g/mol. The summed E-state index contributed by atoms with van der Waals surface area (Å²) in [7, 11) is 0. The molecule has 1 heterocycles. The van der Waals surface area contributed by atoms with E-state index in [1.807, 2.05) is 13.8 Å². The number of guanidine groups is 1. The van der Waals surface area contributed by atoms with Crippen LogP contribution in [0.5, 0.6) is 0 Å². The molecular weight excluding hydrogens is 484 g/mol. The highest BCUT2D eigenvalue weighted by Crippen LogP contribution is 2.18. The molecule has 14 heteroatoms. The molecule has 0 bridgehead atoms. The lowest BCUT2D eigenvalue weighted by molar-refractivity contribution is -0.134. The summed E-state index contributed by atoms with van der Waals surface area (Å²) in [5, 5.41) is 19.6. The van der Waals surface area contributed by atoms with Gasteiger partial charge in [0.25, 0.3) is 0 Å². The Morgan fingerprint density at radius 1 is 1.11 bits per heavy atom. The molecule has 0 unspecified atom stereocenters. The third-order valence-corrected chi connectivity index (χ3v) is 6.39. The molecule has 0 aromatic heterocycles. The van der Waals surface area contributed by atoms with E-state index in [2.05, 4.69) is 26.3 Å². The number of aliphatic imine (C=N–C) groups is 1. The van der Waals surface area contributed by atoms with Crippen LogP contribution in [-0.2, 0) is 24.0 Å². The lowest BCUT2D eigenvalue weighted by atomic mass is 9.87. The maximum absolute atomic E-state index is 13.3. The lowest BCUT2D eigenvalue weighted by Gasteiger charge is -2.28. The molecule has 1 fully saturated rings. The van der Waals surface area contributed by atoms with Gasteiger partial charge in [0.15, 0.2) is 11.7 Å². The van der Waals surface area contributed by atoms with Gasteiger partial charge in [0.2, 0.25) is 23.6 Å². The van der Waals surface area contributed by atoms with Crippen LogP contribution in [0.3, 0.4) is 0 Å². The maximum Gasteiger partial charge on any atom is 0.243 e. The highest BCUT2D eigenvalue weighted by Gasteiger charge is 2.36. The van der Waals surface area contributed by atoms with Crippen molar-refractivity contribution in [2.45, 2.75) is 83.6 Å². The number of hydrogen-bond acceptors (Lipinski definition) is 8. The van der Waals surface area contributed by atoms with Crippen molar-refractivity contribution < 1.29 is 29.1 Å². The van der Waals surface area contributed by atoms with E-state index < -0.39 is 66.4 Å². The van der Waals surface area contributed by atoms with E-state index in [1.165, 1.54) is 6.92 Å². The van der Waals surface area contributed by atoms with Crippen molar-refractivity contribution in [3.8, 4) is 0 Å². The minimum Gasteiger partial charge on any atom is -0.394 e. The largest absolute Gasteiger partial charge is 0.394 e. The number of nitrogens with one attached hydrogen (secondary N) is 4. The standard InChI is InChI=1S/C23H42N8O6/c1-5-11(2)17-16(33)9-12(3)18(31-20(35)14(24)10-32)22(37)28-13(4)19(34)29-15(21(36)30-17)7-6-8-27-23(25)26/h11-15,17-18,32H,5-10,24H2,1-4H3,(H,28,37)(H,29,34)(H,30,36)(H,31,35)(H4,25,26,27)/t11-,12-,13+,14+,15+,17-,18-/m1/s1. The second kappa shape index (κ2) is 15.1. The van der Waals surface area contributed by atoms with Crippen molar-refractivity contribution in [1.29, 1.82) is 0 Å². The Bertz CT molecular complexity index is 862. The quantitative estimate of drug-likeness (QED) is 0.0863. The normalized spacial score (nSPS) is 27.2. The molecule has 1 aliphatic heterocycles. The van der Waals surface area contributed by atoms with Crippen LogP contribution in [0.1, 0.15) is 53.4 Å². The van der Waals surface area contributed by atoms with Gasteiger partial charge in [0, 0.05) is 13.0 Å². The van der Waals surface area contributed by atoms with Gasteiger partial charge in [-0.1, -0.05) is 27.2 Å². The van der Waals surface area contributed by atoms with Gasteiger partial charge in [-0.2, -0.15) is 0 Å². The van der Waals surface area contributed by atoms with E-state index in [4.69, 9.17) is 17.2 Å². The Balaban J connectivity index is 3.33. The Labute approximate surface area is 216 Å². The number of nitrogens with zero attached hydrogens (tertiary/aromatic N) is 1. The van der Waals surface area contributed by atoms with Gasteiger partial charge in [-0.05, 0) is 31.6 Å². The molecule has 0 saturated carbocycles. The zero-order chi connectivity index (χ0) is 28.3. The first kappa shape index (κ1) is 31.8. The molecule has 0 aliphatic carbocycles. The summed E-state index contributed by atoms with van der Waals surface area (Å²) in [4.78, 5) is 68.7. The van der Waals surface area contributed by atoms with Crippen molar-refractivity contribution in [1.82, 2.24) is 21.3 Å². The number of rotatable bonds is 9. The second-order valence-electron chi connectivity index (χ2n) is 9.54. The zero-order valence-corrected chi connectivity index (χ0v) is 22.0. The molecule has 37 heavy (non-hydrogen) atoms. The van der Waals surface area contributed by atoms with E-state index in [0.29, 0.717) is 12.8 Å². The molecule has 210 valence electrons. The number of ketones is 1. The molecule has 1 aliphatic rings. The summed E-state index contributed by atoms with van der Waals surface area (Å²) >= 11 is 0. The summed E-state index contributed by atoms with van der Waals surface area (Å²) in [6, 6.07) is -5.44. The third kappa shape index (κ3) is 9.96. The van der Waals surface area contributed by atoms with E-state index in [-0.39, 0.29) is 37.0 Å². The first-order chi connectivity index (χ1) is 17.3. The number of hydrogen-bond donors (Lipinski definition) is 8. The Morgan fingerprint density at radius 2 is 1.76 bits per heavy atom. The van der Waals surface area contributed by atoms with Crippen molar-refractivity contribution in [3.63, 3.8) is 0 Å². The van der Waals surface area contributed by atoms with Crippen molar-refractivity contribution in [2.75, 3.05) is 13.2 Å². The van der Waals surface area contributed by atoms with Gasteiger partial charge in [0.05, 0.1) is 12.6 Å². The van der Waals surface area contributed by atoms with Crippen LogP contribution in [0.25, 0.3) is 0 Å². The molecule has 0 aromatic carbocycles. The van der Waals surface area contributed by atoms with Gasteiger partial charge in [-0.25, -0.2) is 0 Å². The first-order valence-electron chi connectivity index (χ1n) is 12.5. The number of amides is 4. The number of carbonyl (C=O) groups is 5. The number of aliphatic hydroxyl groups is 1. The molecule has 1 rings (SSSR count). The van der Waals surface area contributed by atoms with E-state index >= 15 is 0 Å². The molecule has 4 amide bonds. The fourth-order valence-electron chi connectivity index (χ4n) is 3.84. The Morgan fingerprint density at radius 3 is 2.32 bits per heavy atom. The smallest absolute Gasteiger partial charge is 0.243 e. The lowest BCUT2D eigenvalue weighted by Crippen LogP contribution is -2.58. The van der Waals surface area contributed by atoms with Gasteiger partial charge in [-0.15, -0.1) is 0 Å². The van der Waals surface area contributed by atoms with E-state index in [1.54, 1.807) is 6.92 Å². The minimum absolute atomic E-state index is 0.0992. The van der Waals surface area contributed by atoms with Crippen LogP contribution in [-0.4, -0.2) is 83.8 Å². The molecule has 7 atom stereocenters. The van der Waals surface area contributed by atoms with Gasteiger partial charge < -0.3 is 43.6 Å². The highest BCUT2D eigenvalue weighted by atomic mass is 16.3. The SMILES string of the molecule is CC[C@@H](C)[C@H]1NC(=O)[C@H](CCCN=C(N)N)NC(=O)[C@H](C)NC(=O)[C@H](NC(=O)[C@@H](N)CO)[C@H](C)CC1=O. The minimum atomic E-state index is -1.27. The molecule has 0 spiro atoms. The summed E-state index contributed by atoms with van der Waals surface area (Å²) in [5.41, 5.74) is 16.3. The van der Waals surface area contributed by atoms with Crippen molar-refractivity contribution in [3.05, 3.63) is 0 Å². The Kier molecular flexibility index (Phi) is 13.0. The number of aliphatic hydroxyl groups excluding tert-OH is 1. The van der Waals surface area contributed by atoms with Gasteiger partial charge >= 0.3 is 0 Å². The summed E-state index contributed by atoms with van der Waals surface area (Å²) in [5.74, 6) is -4.04. The zero-order valence-electron chi connectivity index (χ0n) is 22.0. The van der Waals surface area contributed by atoms with Crippen LogP contribution in [0.4, 0.5) is 0 Å². The number of nitrogens with two attached hydrogens (primary N) is 3. The number of Topliss-reactive ketones (excluding diaryl/α,β-unsaturated/α-hetero) is 1. The molecule has 11 N–H and O–H groups in total. The molecule has 0 aromatic rings. The predicted octanol–water partition coefficient (Wildman–Crippen LogP) is -3.03. The van der Waals surface area contributed by atoms with Gasteiger partial charge in [0.1, 0.15) is 24.2 Å². The average Bonchev–Trinajstić information content (AvgIpc) is 2.85. The number of carbonyl (C=O) groups excluding carboxylic acids is 5. The summed E-state index contributed by atoms with van der Waals surface area (Å²) < 4.78 is 0. The molecule has 1 saturated heterocycles. The van der Waals surface area contributed by atoms with Crippen LogP contribution < -0.4 is 38.5 Å². The maximum atomic E-state index is 13.3. The summed E-state index contributed by atoms with van der Waals surface area (Å²) in [6.07, 6.45) is 0.988. The first-order valence-corrected chi connectivity index (χ1v) is 12.5. The predicted molar refractivity (Wildman–Crippen MR) is 137 cm³/mol. The van der Waals surface area contributed by atoms with Crippen LogP contribution in [0.15, 0.2) is 4.99 Å². The van der Waals surface area contributed by atoms with Crippen LogP contribution >= 0.6 is 0 Å². The Hall–Kier alpha value is -3.26. The van der Waals surface area contributed by atoms with Gasteiger partial charge in [-0.3, -0.25) is 29.0 Å². The fraction of sp³-hybridized carbons (Fsp3) is 0.739.